The van der Waals surface area contributed by atoms with Gasteiger partial charge in [-0.05, 0) is 60.6 Å². The van der Waals surface area contributed by atoms with Crippen molar-refractivity contribution in [2.75, 3.05) is 13.2 Å². The third-order valence-corrected chi connectivity index (χ3v) is 8.28. The van der Waals surface area contributed by atoms with E-state index in [4.69, 9.17) is 21.7 Å². The summed E-state index contributed by atoms with van der Waals surface area (Å²) in [4.78, 5) is 40.9. The number of alkyl carbamates (subject to hydrolysis) is 1. The van der Waals surface area contributed by atoms with E-state index >= 15 is 0 Å². The number of nitrogens with zero attached hydrogens (tertiary/aromatic N) is 5. The van der Waals surface area contributed by atoms with Gasteiger partial charge in [-0.3, -0.25) is 20.2 Å². The Kier molecular flexibility index (Phi) is 10.2. The highest BCUT2D eigenvalue weighted by Crippen LogP contribution is 2.49. The average Bonchev–Trinajstić information content (AvgIpc) is 3.65. The molecular weight excluding hydrogens is 663 g/mol. The molecule has 258 valence electrons. The van der Waals surface area contributed by atoms with Crippen molar-refractivity contribution in [3.63, 3.8) is 0 Å². The van der Waals surface area contributed by atoms with Gasteiger partial charge in [0.15, 0.2) is 17.6 Å². The van der Waals surface area contributed by atoms with E-state index in [1.807, 2.05) is 26.1 Å². The van der Waals surface area contributed by atoms with Crippen LogP contribution >= 0.6 is 11.6 Å². The summed E-state index contributed by atoms with van der Waals surface area (Å²) in [6.45, 7) is 5.80. The van der Waals surface area contributed by atoms with Crippen LogP contribution in [0.15, 0.2) is 67.3 Å². The molecule has 4 N–H and O–H groups in total. The van der Waals surface area contributed by atoms with Crippen molar-refractivity contribution in [1.82, 2.24) is 40.7 Å². The highest BCUT2D eigenvalue weighted by Gasteiger charge is 2.64. The van der Waals surface area contributed by atoms with Crippen LogP contribution in [0.2, 0.25) is 5.02 Å². The Hall–Kier alpha value is -5.05. The van der Waals surface area contributed by atoms with Crippen molar-refractivity contribution in [1.29, 1.82) is 5.41 Å². The maximum Gasteiger partial charge on any atom is 0.411 e. The third kappa shape index (κ3) is 8.52. The number of guanidine groups is 1. The maximum absolute atomic E-state index is 14.4. The lowest BCUT2D eigenvalue weighted by atomic mass is 9.92. The lowest BCUT2D eigenvalue weighted by Gasteiger charge is -2.33. The van der Waals surface area contributed by atoms with Gasteiger partial charge in [-0.25, -0.2) is 19.7 Å². The van der Waals surface area contributed by atoms with E-state index in [2.05, 4.69) is 30.5 Å². The lowest BCUT2D eigenvalue weighted by molar-refractivity contribution is -0.164. The molecule has 16 heteroatoms. The van der Waals surface area contributed by atoms with Crippen LogP contribution in [-0.4, -0.2) is 72.9 Å². The van der Waals surface area contributed by atoms with Crippen LogP contribution in [0.4, 0.5) is 18.0 Å². The van der Waals surface area contributed by atoms with Gasteiger partial charge in [0.1, 0.15) is 18.5 Å². The number of rotatable bonds is 10. The molecule has 0 unspecified atom stereocenters. The standard InChI is InChI=1S/C33H35ClF3N9O3/c1-31(2,3)13-16-41-29(38)46(28(47)21-7-5-20(6-8-21)26-39-14-4-15-40-26)25(18-49-30(48)44-32(11-12-32)33(35,36)37)22-9-10-24(34)23(17-22)27-42-19-43-45-27/h4-10,14-15,17,19,25H,11-13,16,18H2,1-3H3,(H2,38,41)(H,44,48)(H,42,43,45)/t25-/m1/s1. The summed E-state index contributed by atoms with van der Waals surface area (Å²) in [7, 11) is 0. The molecule has 1 aliphatic carbocycles. The Morgan fingerprint density at radius 2 is 1.78 bits per heavy atom. The topological polar surface area (TPSA) is 162 Å². The van der Waals surface area contributed by atoms with Gasteiger partial charge in [-0.2, -0.15) is 18.3 Å². The molecule has 5 rings (SSSR count). The second-order valence-electron chi connectivity index (χ2n) is 12.8. The quantitative estimate of drug-likeness (QED) is 0.107. The largest absolute Gasteiger partial charge is 0.447 e. The summed E-state index contributed by atoms with van der Waals surface area (Å²) in [5.74, 6) is -0.211. The second-order valence-corrected chi connectivity index (χ2v) is 13.2. The molecule has 1 saturated carbocycles. The number of ether oxygens (including phenoxy) is 1. The number of aromatic nitrogens is 5. The molecule has 2 heterocycles. The molecule has 0 saturated heterocycles. The first kappa shape index (κ1) is 35.3. The van der Waals surface area contributed by atoms with Crippen molar-refractivity contribution >= 4 is 29.6 Å². The number of alkyl halides is 3. The highest BCUT2D eigenvalue weighted by molar-refractivity contribution is 6.33. The first-order chi connectivity index (χ1) is 23.2. The number of H-pyrrole nitrogens is 1. The van der Waals surface area contributed by atoms with Gasteiger partial charge < -0.3 is 15.4 Å². The number of amides is 2. The Morgan fingerprint density at radius 3 is 2.37 bits per heavy atom. The Balaban J connectivity index is 1.52. The molecular formula is C33H35ClF3N9O3. The minimum Gasteiger partial charge on any atom is -0.447 e. The molecule has 0 aliphatic heterocycles. The minimum atomic E-state index is -4.66. The van der Waals surface area contributed by atoms with Crippen LogP contribution in [0, 0.1) is 10.8 Å². The molecule has 2 aromatic heterocycles. The number of benzene rings is 2. The molecule has 1 atom stereocenters. The summed E-state index contributed by atoms with van der Waals surface area (Å²) < 4.78 is 46.2. The van der Waals surface area contributed by atoms with Gasteiger partial charge in [0.05, 0.1) is 11.1 Å². The minimum absolute atomic E-state index is 0.0997. The Morgan fingerprint density at radius 1 is 1.08 bits per heavy atom. The zero-order valence-electron chi connectivity index (χ0n) is 26.9. The average molecular weight is 698 g/mol. The predicted molar refractivity (Wildman–Crippen MR) is 176 cm³/mol. The fraction of sp³-hybridized carbons (Fsp3) is 0.364. The molecule has 49 heavy (non-hydrogen) atoms. The first-order valence-electron chi connectivity index (χ1n) is 15.4. The van der Waals surface area contributed by atoms with Crippen LogP contribution in [0.1, 0.15) is 62.0 Å². The number of carbonyl (C=O) groups excluding carboxylic acids is 2. The van der Waals surface area contributed by atoms with Gasteiger partial charge in [0.2, 0.25) is 0 Å². The number of aromatic amines is 1. The number of halogens is 4. The van der Waals surface area contributed by atoms with Gasteiger partial charge in [0, 0.05) is 35.6 Å². The number of hydrogen-bond donors (Lipinski definition) is 4. The van der Waals surface area contributed by atoms with Crippen molar-refractivity contribution in [2.45, 2.75) is 57.8 Å². The van der Waals surface area contributed by atoms with Crippen LogP contribution in [0.5, 0.6) is 0 Å². The molecule has 2 aromatic carbocycles. The Bertz CT molecular complexity index is 1780. The summed E-state index contributed by atoms with van der Waals surface area (Å²) in [6.07, 6.45) is -1.41. The van der Waals surface area contributed by atoms with Crippen LogP contribution in [0.25, 0.3) is 22.8 Å². The van der Waals surface area contributed by atoms with Gasteiger partial charge in [-0.1, -0.05) is 50.6 Å². The van der Waals surface area contributed by atoms with E-state index in [0.29, 0.717) is 41.3 Å². The van der Waals surface area contributed by atoms with Crippen molar-refractivity contribution in [2.24, 2.45) is 5.41 Å². The van der Waals surface area contributed by atoms with Crippen molar-refractivity contribution in [3.8, 4) is 22.8 Å². The first-order valence-corrected chi connectivity index (χ1v) is 15.8. The molecule has 0 radical (unpaired) electrons. The molecule has 2 amide bonds. The summed E-state index contributed by atoms with van der Waals surface area (Å²) in [5, 5.41) is 20.9. The zero-order valence-corrected chi connectivity index (χ0v) is 27.7. The van der Waals surface area contributed by atoms with Crippen molar-refractivity contribution < 1.29 is 27.5 Å². The lowest BCUT2D eigenvalue weighted by Crippen LogP contribution is -2.50. The summed E-state index contributed by atoms with van der Waals surface area (Å²) in [6, 6.07) is 11.6. The molecule has 0 bridgehead atoms. The molecule has 0 spiro atoms. The molecule has 4 aromatic rings. The maximum atomic E-state index is 14.4. The van der Waals surface area contributed by atoms with E-state index in [0.717, 1.165) is 4.90 Å². The SMILES string of the molecule is CC(C)(C)CCNC(=N)N(C(=O)c1ccc(-c2ncccn2)cc1)[C@H](COC(=O)NC1(C(F)(F)F)CC1)c1ccc(Cl)c(-c2ncn[nH]2)c1. The van der Waals surface area contributed by atoms with E-state index < -0.39 is 36.4 Å². The molecule has 1 aliphatic rings. The van der Waals surface area contributed by atoms with Crippen molar-refractivity contribution in [3.05, 3.63) is 83.4 Å². The van der Waals surface area contributed by atoms with E-state index in [9.17, 15) is 22.8 Å². The van der Waals surface area contributed by atoms with E-state index in [-0.39, 0.29) is 34.8 Å². The predicted octanol–water partition coefficient (Wildman–Crippen LogP) is 6.55. The fourth-order valence-electron chi connectivity index (χ4n) is 4.97. The number of nitrogens with one attached hydrogen (secondary N) is 4. The summed E-state index contributed by atoms with van der Waals surface area (Å²) >= 11 is 6.48. The normalized spacial score (nSPS) is 14.4. The molecule has 1 fully saturated rings. The van der Waals surface area contributed by atoms with E-state index in [1.165, 1.54) is 6.33 Å². The second kappa shape index (κ2) is 14.2. The third-order valence-electron chi connectivity index (χ3n) is 7.95. The molecule has 12 nitrogen and oxygen atoms in total. The number of hydrogen-bond acceptors (Lipinski definition) is 8. The monoisotopic (exact) mass is 697 g/mol. The summed E-state index contributed by atoms with van der Waals surface area (Å²) in [5.41, 5.74) is -0.892. The zero-order chi connectivity index (χ0) is 35.4. The van der Waals surface area contributed by atoms with Gasteiger partial charge in [-0.15, -0.1) is 0 Å². The highest BCUT2D eigenvalue weighted by atomic mass is 35.5. The van der Waals surface area contributed by atoms with Crippen LogP contribution < -0.4 is 10.6 Å². The van der Waals surface area contributed by atoms with Gasteiger partial charge >= 0.3 is 12.3 Å². The number of carbonyl (C=O) groups is 2. The van der Waals surface area contributed by atoms with E-state index in [1.54, 1.807) is 60.9 Å². The smallest absolute Gasteiger partial charge is 0.411 e. The van der Waals surface area contributed by atoms with Crippen LogP contribution in [-0.2, 0) is 4.74 Å². The van der Waals surface area contributed by atoms with Crippen LogP contribution in [0.3, 0.4) is 0 Å². The fourth-order valence-corrected chi connectivity index (χ4v) is 5.17. The van der Waals surface area contributed by atoms with Gasteiger partial charge in [0.25, 0.3) is 5.91 Å². The Labute approximate surface area is 285 Å².